The Morgan fingerprint density at radius 1 is 1.10 bits per heavy atom. The van der Waals surface area contributed by atoms with E-state index in [1.165, 1.54) is 5.56 Å². The van der Waals surface area contributed by atoms with Crippen molar-refractivity contribution >= 4 is 5.96 Å². The first-order chi connectivity index (χ1) is 14.6. The Balaban J connectivity index is 1.48. The van der Waals surface area contributed by atoms with Gasteiger partial charge in [-0.25, -0.2) is 4.99 Å². The van der Waals surface area contributed by atoms with E-state index in [2.05, 4.69) is 37.6 Å². The lowest BCUT2D eigenvalue weighted by Gasteiger charge is -2.26. The molecule has 9 heteroatoms. The van der Waals surface area contributed by atoms with E-state index in [0.717, 1.165) is 62.8 Å². The Kier molecular flexibility index (Phi) is 8.46. The molecule has 2 heterocycles. The van der Waals surface area contributed by atoms with Gasteiger partial charge in [-0.15, -0.1) is 10.2 Å². The van der Waals surface area contributed by atoms with Crippen LogP contribution >= 0.6 is 0 Å². The number of hydrogen-bond acceptors (Lipinski definition) is 6. The van der Waals surface area contributed by atoms with Gasteiger partial charge >= 0.3 is 0 Å². The molecular weight excluding hydrogens is 382 g/mol. The molecule has 1 aliphatic heterocycles. The van der Waals surface area contributed by atoms with Crippen LogP contribution in [0.3, 0.4) is 0 Å². The van der Waals surface area contributed by atoms with Crippen LogP contribution in [0.15, 0.2) is 29.3 Å². The molecule has 0 aliphatic carbocycles. The van der Waals surface area contributed by atoms with Gasteiger partial charge < -0.3 is 24.7 Å². The Hall–Kier alpha value is -2.65. The van der Waals surface area contributed by atoms with Gasteiger partial charge in [0.15, 0.2) is 11.8 Å². The van der Waals surface area contributed by atoms with Gasteiger partial charge in [0, 0.05) is 33.2 Å². The molecule has 3 rings (SSSR count). The molecule has 1 aromatic heterocycles. The Morgan fingerprint density at radius 3 is 2.53 bits per heavy atom. The van der Waals surface area contributed by atoms with Gasteiger partial charge in [0.1, 0.15) is 24.7 Å². The Bertz CT molecular complexity index is 798. The average molecular weight is 416 g/mol. The van der Waals surface area contributed by atoms with Gasteiger partial charge in [-0.05, 0) is 26.0 Å². The highest BCUT2D eigenvalue weighted by Crippen LogP contribution is 2.10. The predicted molar refractivity (Wildman–Crippen MR) is 117 cm³/mol. The van der Waals surface area contributed by atoms with E-state index in [4.69, 9.17) is 9.47 Å². The van der Waals surface area contributed by atoms with E-state index in [9.17, 15) is 0 Å². The lowest BCUT2D eigenvalue weighted by Crippen LogP contribution is -2.45. The summed E-state index contributed by atoms with van der Waals surface area (Å²) in [4.78, 5) is 7.07. The van der Waals surface area contributed by atoms with Crippen LogP contribution in [0.4, 0.5) is 0 Å². The van der Waals surface area contributed by atoms with Crippen molar-refractivity contribution in [2.24, 2.45) is 12.0 Å². The highest BCUT2D eigenvalue weighted by Gasteiger charge is 2.10. The fourth-order valence-electron chi connectivity index (χ4n) is 3.04. The normalized spacial score (nSPS) is 15.2. The van der Waals surface area contributed by atoms with Crippen molar-refractivity contribution in [3.63, 3.8) is 0 Å². The maximum Gasteiger partial charge on any atom is 0.191 e. The summed E-state index contributed by atoms with van der Waals surface area (Å²) in [6.07, 6.45) is 0. The summed E-state index contributed by atoms with van der Waals surface area (Å²) in [5, 5.41) is 15.0. The van der Waals surface area contributed by atoms with E-state index in [1.54, 1.807) is 0 Å². The smallest absolute Gasteiger partial charge is 0.191 e. The fraction of sp³-hybridized carbons (Fsp3) is 0.571. The molecule has 1 aliphatic rings. The standard InChI is InChI=1S/C21H33N7O2/c1-17-4-6-19(7-5-17)30-13-9-23-21(22-8-10-28-11-14-29-15-12-28)24-16-20-26-25-18(2)27(20)3/h4-7H,8-16H2,1-3H3,(H2,22,23,24). The molecule has 1 saturated heterocycles. The number of aromatic nitrogens is 3. The van der Waals surface area contributed by atoms with Gasteiger partial charge in [-0.2, -0.15) is 0 Å². The van der Waals surface area contributed by atoms with E-state index in [1.807, 2.05) is 42.8 Å². The molecule has 9 nitrogen and oxygen atoms in total. The molecule has 1 aromatic carbocycles. The number of nitrogens with zero attached hydrogens (tertiary/aromatic N) is 5. The van der Waals surface area contributed by atoms with Gasteiger partial charge in [0.2, 0.25) is 0 Å². The molecule has 2 aromatic rings. The van der Waals surface area contributed by atoms with E-state index in [0.29, 0.717) is 19.7 Å². The van der Waals surface area contributed by atoms with Gasteiger partial charge in [-0.3, -0.25) is 4.90 Å². The fourth-order valence-corrected chi connectivity index (χ4v) is 3.04. The average Bonchev–Trinajstić information content (AvgIpc) is 3.08. The summed E-state index contributed by atoms with van der Waals surface area (Å²) in [5.41, 5.74) is 1.22. The molecule has 0 amide bonds. The number of guanidine groups is 1. The summed E-state index contributed by atoms with van der Waals surface area (Å²) in [5.74, 6) is 3.33. The Morgan fingerprint density at radius 2 is 1.83 bits per heavy atom. The minimum absolute atomic E-state index is 0.461. The lowest BCUT2D eigenvalue weighted by atomic mass is 10.2. The molecule has 0 unspecified atom stereocenters. The van der Waals surface area contributed by atoms with Crippen LogP contribution in [0, 0.1) is 13.8 Å². The van der Waals surface area contributed by atoms with E-state index >= 15 is 0 Å². The van der Waals surface area contributed by atoms with Crippen LogP contribution in [0.2, 0.25) is 0 Å². The first-order valence-corrected chi connectivity index (χ1v) is 10.5. The van der Waals surface area contributed by atoms with Crippen molar-refractivity contribution in [2.45, 2.75) is 20.4 Å². The second kappa shape index (κ2) is 11.5. The van der Waals surface area contributed by atoms with E-state index < -0.39 is 0 Å². The van der Waals surface area contributed by atoms with Crippen LogP contribution in [0.1, 0.15) is 17.2 Å². The van der Waals surface area contributed by atoms with Gasteiger partial charge in [0.05, 0.1) is 19.8 Å². The number of benzene rings is 1. The zero-order valence-electron chi connectivity index (χ0n) is 18.2. The number of aliphatic imine (C=N–C) groups is 1. The van der Waals surface area contributed by atoms with E-state index in [-0.39, 0.29) is 0 Å². The molecule has 0 spiro atoms. The zero-order chi connectivity index (χ0) is 21.2. The zero-order valence-corrected chi connectivity index (χ0v) is 18.2. The third-order valence-electron chi connectivity index (χ3n) is 5.07. The molecule has 1 fully saturated rings. The minimum atomic E-state index is 0.461. The molecular formula is C21H33N7O2. The Labute approximate surface area is 178 Å². The third-order valence-corrected chi connectivity index (χ3v) is 5.07. The molecule has 2 N–H and O–H groups in total. The summed E-state index contributed by atoms with van der Waals surface area (Å²) in [7, 11) is 1.95. The first-order valence-electron chi connectivity index (χ1n) is 10.5. The van der Waals surface area contributed by atoms with Gasteiger partial charge in [-0.1, -0.05) is 17.7 Å². The number of morpholine rings is 1. The molecule has 0 bridgehead atoms. The van der Waals surface area contributed by atoms with Gasteiger partial charge in [0.25, 0.3) is 0 Å². The summed E-state index contributed by atoms with van der Waals surface area (Å²) in [6.45, 7) is 11.0. The van der Waals surface area contributed by atoms with Crippen LogP contribution in [0.25, 0.3) is 0 Å². The first kappa shape index (κ1) is 22.0. The number of rotatable bonds is 9. The maximum atomic E-state index is 5.80. The summed E-state index contributed by atoms with van der Waals surface area (Å²) >= 11 is 0. The minimum Gasteiger partial charge on any atom is -0.492 e. The van der Waals surface area contributed by atoms with Crippen molar-refractivity contribution in [2.75, 3.05) is 52.5 Å². The van der Waals surface area contributed by atoms with Crippen molar-refractivity contribution < 1.29 is 9.47 Å². The molecule has 30 heavy (non-hydrogen) atoms. The second-order valence-electron chi connectivity index (χ2n) is 7.36. The predicted octanol–water partition coefficient (Wildman–Crippen LogP) is 0.878. The van der Waals surface area contributed by atoms with Crippen molar-refractivity contribution in [1.29, 1.82) is 0 Å². The molecule has 0 atom stereocenters. The number of aryl methyl sites for hydroxylation is 2. The van der Waals surface area contributed by atoms with Crippen molar-refractivity contribution in [3.8, 4) is 5.75 Å². The number of ether oxygens (including phenoxy) is 2. The van der Waals surface area contributed by atoms with Crippen molar-refractivity contribution in [3.05, 3.63) is 41.5 Å². The van der Waals surface area contributed by atoms with Crippen LogP contribution < -0.4 is 15.4 Å². The SMILES string of the molecule is Cc1ccc(OCCNC(=NCc2nnc(C)n2C)NCCN2CCOCC2)cc1. The van der Waals surface area contributed by atoms with Crippen molar-refractivity contribution in [1.82, 2.24) is 30.3 Å². The highest BCUT2D eigenvalue weighted by molar-refractivity contribution is 5.79. The van der Waals surface area contributed by atoms with Crippen LogP contribution in [-0.2, 0) is 18.3 Å². The topological polar surface area (TPSA) is 88.8 Å². The lowest BCUT2D eigenvalue weighted by molar-refractivity contribution is 0.0389. The molecule has 0 saturated carbocycles. The summed E-state index contributed by atoms with van der Waals surface area (Å²) < 4.78 is 13.2. The number of hydrogen-bond donors (Lipinski definition) is 2. The largest absolute Gasteiger partial charge is 0.492 e. The van der Waals surface area contributed by atoms with Crippen LogP contribution in [0.5, 0.6) is 5.75 Å². The third kappa shape index (κ3) is 7.00. The van der Waals surface area contributed by atoms with Crippen LogP contribution in [-0.4, -0.2) is 78.2 Å². The highest BCUT2D eigenvalue weighted by atomic mass is 16.5. The second-order valence-corrected chi connectivity index (χ2v) is 7.36. The summed E-state index contributed by atoms with van der Waals surface area (Å²) in [6, 6.07) is 8.07. The maximum absolute atomic E-state index is 5.80. The quantitative estimate of drug-likeness (QED) is 0.357. The molecule has 0 radical (unpaired) electrons. The number of nitrogens with one attached hydrogen (secondary N) is 2. The monoisotopic (exact) mass is 415 g/mol. The molecule has 164 valence electrons.